The maximum Gasteiger partial charge on any atom is 0.186 e. The van der Waals surface area contributed by atoms with E-state index in [4.69, 9.17) is 18.9 Å². The third kappa shape index (κ3) is 6.51. The van der Waals surface area contributed by atoms with Crippen LogP contribution in [0.4, 0.5) is 0 Å². The monoisotopic (exact) mass is 634 g/mol. The Bertz CT molecular complexity index is 980. The minimum atomic E-state index is -1.59. The molecule has 13 heteroatoms. The summed E-state index contributed by atoms with van der Waals surface area (Å²) in [7, 11) is 0. The second-order valence-electron chi connectivity index (χ2n) is 14.5. The molecule has 16 atom stereocenters. The number of hydrogen-bond donors (Lipinski definition) is 9. The Kier molecular flexibility index (Phi) is 11.0. The molecule has 2 heterocycles. The van der Waals surface area contributed by atoms with E-state index in [1.165, 1.54) is 6.08 Å². The summed E-state index contributed by atoms with van der Waals surface area (Å²) in [6.07, 6.45) is -8.69. The van der Waals surface area contributed by atoms with Gasteiger partial charge in [-0.2, -0.15) is 0 Å². The molecule has 44 heavy (non-hydrogen) atoms. The normalized spacial score (nSPS) is 51.3. The number of ether oxygens (including phenoxy) is 4. The van der Waals surface area contributed by atoms with Crippen LogP contribution in [-0.4, -0.2) is 138 Å². The van der Waals surface area contributed by atoms with Crippen LogP contribution in [0.3, 0.4) is 0 Å². The summed E-state index contributed by atoms with van der Waals surface area (Å²) in [5.41, 5.74) is -3.39. The summed E-state index contributed by atoms with van der Waals surface area (Å²) >= 11 is 0. The SMILES string of the molecule is C=C[C@](C)(O)CC[C@@H]1[C@@]2(C)CC[C@H](O[C@@H]3O[C@H](CO)[C@@H](O)[C@H](O)[C@H]3O)[C@@](C)(CO)[C@@H]2CC[C@@]1(C)O[C@@H]1OC[C@H](O)[C@H](O)[C@H]1O. The summed E-state index contributed by atoms with van der Waals surface area (Å²) < 4.78 is 24.1. The summed E-state index contributed by atoms with van der Waals surface area (Å²) in [4.78, 5) is 0. The summed E-state index contributed by atoms with van der Waals surface area (Å²) in [6, 6.07) is 0. The molecule has 4 aliphatic rings. The van der Waals surface area contributed by atoms with Crippen molar-refractivity contribution in [3.05, 3.63) is 12.7 Å². The van der Waals surface area contributed by atoms with E-state index in [1.807, 2.05) is 13.8 Å². The van der Waals surface area contributed by atoms with E-state index < -0.39 is 90.1 Å². The number of hydrogen-bond acceptors (Lipinski definition) is 13. The number of fused-ring (bicyclic) bond motifs is 1. The minimum Gasteiger partial charge on any atom is -0.396 e. The van der Waals surface area contributed by atoms with Gasteiger partial charge in [-0.1, -0.05) is 19.9 Å². The van der Waals surface area contributed by atoms with Gasteiger partial charge in [-0.3, -0.25) is 0 Å². The molecule has 0 aromatic carbocycles. The average Bonchev–Trinajstić information content (AvgIpc) is 2.98. The first-order valence-corrected chi connectivity index (χ1v) is 15.7. The Balaban J connectivity index is 1.63. The van der Waals surface area contributed by atoms with Crippen LogP contribution in [0.15, 0.2) is 12.7 Å². The van der Waals surface area contributed by atoms with E-state index in [9.17, 15) is 46.0 Å². The third-order valence-corrected chi connectivity index (χ3v) is 11.4. The van der Waals surface area contributed by atoms with Gasteiger partial charge < -0.3 is 64.9 Å². The first kappa shape index (κ1) is 36.1. The van der Waals surface area contributed by atoms with Gasteiger partial charge in [0.25, 0.3) is 0 Å². The summed E-state index contributed by atoms with van der Waals surface area (Å²) in [6.45, 7) is 10.4. The Labute approximate surface area is 259 Å². The molecule has 4 fully saturated rings. The lowest BCUT2D eigenvalue weighted by Gasteiger charge is -2.65. The van der Waals surface area contributed by atoms with Crippen LogP contribution in [0.1, 0.15) is 66.2 Å². The van der Waals surface area contributed by atoms with Crippen molar-refractivity contribution in [2.24, 2.45) is 22.7 Å². The van der Waals surface area contributed by atoms with E-state index in [1.54, 1.807) is 6.92 Å². The van der Waals surface area contributed by atoms with Crippen LogP contribution < -0.4 is 0 Å². The highest BCUT2D eigenvalue weighted by Crippen LogP contribution is 2.64. The molecular formula is C31H54O13. The number of aliphatic hydroxyl groups excluding tert-OH is 8. The zero-order valence-corrected chi connectivity index (χ0v) is 26.2. The fourth-order valence-electron chi connectivity index (χ4n) is 8.54. The first-order chi connectivity index (χ1) is 20.5. The van der Waals surface area contributed by atoms with E-state index in [2.05, 4.69) is 13.5 Å². The molecule has 2 aliphatic heterocycles. The molecule has 2 aliphatic carbocycles. The van der Waals surface area contributed by atoms with Crippen molar-refractivity contribution in [2.75, 3.05) is 19.8 Å². The van der Waals surface area contributed by atoms with Gasteiger partial charge in [0.2, 0.25) is 0 Å². The van der Waals surface area contributed by atoms with Crippen LogP contribution in [-0.2, 0) is 18.9 Å². The van der Waals surface area contributed by atoms with Gasteiger partial charge >= 0.3 is 0 Å². The zero-order chi connectivity index (χ0) is 32.8. The Morgan fingerprint density at radius 2 is 1.57 bits per heavy atom. The van der Waals surface area contributed by atoms with Gasteiger partial charge in [0, 0.05) is 5.41 Å². The van der Waals surface area contributed by atoms with Gasteiger partial charge in [-0.05, 0) is 69.6 Å². The molecule has 0 aromatic rings. The van der Waals surface area contributed by atoms with Crippen molar-refractivity contribution in [1.29, 1.82) is 0 Å². The quantitative estimate of drug-likeness (QED) is 0.103. The van der Waals surface area contributed by atoms with Crippen LogP contribution in [0.25, 0.3) is 0 Å². The van der Waals surface area contributed by atoms with Gasteiger partial charge in [0.1, 0.15) is 42.7 Å². The molecular weight excluding hydrogens is 580 g/mol. The van der Waals surface area contributed by atoms with Crippen molar-refractivity contribution in [1.82, 2.24) is 0 Å². The standard InChI is InChI=1S/C31H54O13/c1-6-28(2,40)10-7-19-29(3)11-9-20(43-27-25(39)23(37)22(36)17(13-32)42-27)30(4,15-33)18(29)8-12-31(19,5)44-26-24(38)21(35)16(34)14-41-26/h6,16-27,32-40H,1,7-15H2,2-5H3/t16-,17+,18+,19+,20-,21-,22+,23-,24+,25+,26-,27-,28-,29-,30-,31+/m0/s1. The Hall–Kier alpha value is -0.780. The van der Waals surface area contributed by atoms with Crippen LogP contribution in [0.2, 0.25) is 0 Å². The molecule has 2 saturated heterocycles. The lowest BCUT2D eigenvalue weighted by atomic mass is 9.44. The van der Waals surface area contributed by atoms with E-state index in [0.29, 0.717) is 38.5 Å². The van der Waals surface area contributed by atoms with Crippen LogP contribution in [0.5, 0.6) is 0 Å². The predicted octanol–water partition coefficient (Wildman–Crippen LogP) is -1.07. The smallest absolute Gasteiger partial charge is 0.186 e. The average molecular weight is 635 g/mol. The Morgan fingerprint density at radius 1 is 0.909 bits per heavy atom. The van der Waals surface area contributed by atoms with Crippen molar-refractivity contribution >= 4 is 0 Å². The van der Waals surface area contributed by atoms with Gasteiger partial charge in [-0.25, -0.2) is 0 Å². The molecule has 4 rings (SSSR count). The summed E-state index contributed by atoms with van der Waals surface area (Å²) in [5, 5.41) is 93.6. The highest BCUT2D eigenvalue weighted by molar-refractivity contribution is 5.12. The van der Waals surface area contributed by atoms with Gasteiger partial charge in [0.15, 0.2) is 12.6 Å². The third-order valence-electron chi connectivity index (χ3n) is 11.4. The fraction of sp³-hybridized carbons (Fsp3) is 0.935. The lowest BCUT2D eigenvalue weighted by Crippen LogP contribution is -2.66. The molecule has 256 valence electrons. The second kappa shape index (κ2) is 13.4. The molecule has 0 aromatic heterocycles. The zero-order valence-electron chi connectivity index (χ0n) is 26.2. The molecule has 0 bridgehead atoms. The molecule has 0 unspecified atom stereocenters. The van der Waals surface area contributed by atoms with E-state index in [0.717, 1.165) is 0 Å². The maximum absolute atomic E-state index is 10.9. The topological polar surface area (TPSA) is 219 Å². The van der Waals surface area contributed by atoms with Gasteiger partial charge in [0.05, 0.1) is 37.1 Å². The molecule has 9 N–H and O–H groups in total. The number of aliphatic hydroxyl groups is 9. The first-order valence-electron chi connectivity index (χ1n) is 15.7. The molecule has 0 radical (unpaired) electrons. The largest absolute Gasteiger partial charge is 0.396 e. The van der Waals surface area contributed by atoms with Crippen LogP contribution >= 0.6 is 0 Å². The van der Waals surface area contributed by atoms with Crippen molar-refractivity contribution in [3.8, 4) is 0 Å². The summed E-state index contributed by atoms with van der Waals surface area (Å²) in [5.74, 6) is -0.386. The maximum atomic E-state index is 10.9. The molecule has 0 spiro atoms. The van der Waals surface area contributed by atoms with E-state index >= 15 is 0 Å². The van der Waals surface area contributed by atoms with E-state index in [-0.39, 0.29) is 25.0 Å². The van der Waals surface area contributed by atoms with Crippen molar-refractivity contribution in [2.45, 2.75) is 139 Å². The van der Waals surface area contributed by atoms with Crippen molar-refractivity contribution < 1.29 is 64.9 Å². The van der Waals surface area contributed by atoms with Gasteiger partial charge in [-0.15, -0.1) is 6.58 Å². The minimum absolute atomic E-state index is 0.149. The second-order valence-corrected chi connectivity index (χ2v) is 14.5. The number of rotatable bonds is 10. The van der Waals surface area contributed by atoms with Crippen molar-refractivity contribution in [3.63, 3.8) is 0 Å². The highest BCUT2D eigenvalue weighted by Gasteiger charge is 2.64. The molecule has 2 saturated carbocycles. The van der Waals surface area contributed by atoms with Crippen LogP contribution in [0, 0.1) is 22.7 Å². The lowest BCUT2D eigenvalue weighted by molar-refractivity contribution is -0.343. The molecule has 0 amide bonds. The fourth-order valence-corrected chi connectivity index (χ4v) is 8.54. The highest BCUT2D eigenvalue weighted by atomic mass is 16.7. The predicted molar refractivity (Wildman–Crippen MR) is 155 cm³/mol. The molecule has 13 nitrogen and oxygen atoms in total. The Morgan fingerprint density at radius 3 is 2.18 bits per heavy atom.